The largest absolute Gasteiger partial charge is 0.435 e. The van der Waals surface area contributed by atoms with E-state index in [4.69, 9.17) is 4.12 Å². The zero-order chi connectivity index (χ0) is 43.1. The molecule has 10 aromatic rings. The van der Waals surface area contributed by atoms with Crippen molar-refractivity contribution < 1.29 is 4.12 Å². The molecule has 0 aromatic heterocycles. The highest BCUT2D eigenvalue weighted by Gasteiger charge is 2.53. The molecule has 306 valence electrons. The van der Waals surface area contributed by atoms with E-state index in [1.807, 2.05) is 0 Å². The van der Waals surface area contributed by atoms with Crippen LogP contribution < -0.4 is 51.9 Å². The van der Waals surface area contributed by atoms with Gasteiger partial charge in [-0.05, 0) is 63.0 Å². The van der Waals surface area contributed by atoms with Crippen molar-refractivity contribution in [3.8, 4) is 11.1 Å². The van der Waals surface area contributed by atoms with Crippen LogP contribution in [-0.2, 0) is 4.12 Å². The zero-order valence-corrected chi connectivity index (χ0v) is 38.6. The Morgan fingerprint density at radius 1 is 0.188 bits per heavy atom. The Kier molecular flexibility index (Phi) is 11.7. The lowest BCUT2D eigenvalue weighted by molar-refractivity contribution is 0.600. The summed E-state index contributed by atoms with van der Waals surface area (Å²) in [4.78, 5) is 0. The van der Waals surface area contributed by atoms with E-state index >= 15 is 0 Å². The normalized spacial score (nSPS) is 11.8. The topological polar surface area (TPSA) is 9.23 Å². The summed E-state index contributed by atoms with van der Waals surface area (Å²) in [6, 6.07) is 107. The maximum Gasteiger partial charge on any atom is 0.278 e. The van der Waals surface area contributed by atoms with Gasteiger partial charge in [-0.15, -0.1) is 0 Å². The summed E-state index contributed by atoms with van der Waals surface area (Å²) in [5.41, 5.74) is 2.34. The van der Waals surface area contributed by atoms with Gasteiger partial charge in [-0.2, -0.15) is 0 Å². The molecule has 10 aromatic carbocycles. The van der Waals surface area contributed by atoms with Gasteiger partial charge in [0.2, 0.25) is 0 Å². The fraction of sp³-hybridized carbons (Fsp3) is 0. The lowest BCUT2D eigenvalue weighted by Gasteiger charge is -2.44. The van der Waals surface area contributed by atoms with Crippen LogP contribution in [0.4, 0.5) is 0 Å². The van der Waals surface area contributed by atoms with E-state index in [0.717, 1.165) is 5.56 Å². The van der Waals surface area contributed by atoms with E-state index in [1.165, 1.54) is 57.4 Å². The van der Waals surface area contributed by atoms with Crippen LogP contribution in [0.2, 0.25) is 0 Å². The molecule has 0 radical (unpaired) electrons. The molecular weight excluding hydrogens is 821 g/mol. The molecule has 0 aliphatic carbocycles. The summed E-state index contributed by atoms with van der Waals surface area (Å²) < 4.78 is 8.67. The van der Waals surface area contributed by atoms with Gasteiger partial charge in [0.05, 0.1) is 0 Å². The summed E-state index contributed by atoms with van der Waals surface area (Å²) in [5.74, 6) is 0. The highest BCUT2D eigenvalue weighted by atomic mass is 28.4. The van der Waals surface area contributed by atoms with Gasteiger partial charge >= 0.3 is 0 Å². The first-order valence-electron chi connectivity index (χ1n) is 22.1. The van der Waals surface area contributed by atoms with E-state index < -0.39 is 24.7 Å². The summed E-state index contributed by atoms with van der Waals surface area (Å²) in [6.45, 7) is 0. The summed E-state index contributed by atoms with van der Waals surface area (Å²) in [7, 11) is -9.47. The van der Waals surface area contributed by atoms with Gasteiger partial charge in [0.15, 0.2) is 8.07 Å². The predicted molar refractivity (Wildman–Crippen MR) is 278 cm³/mol. The minimum absolute atomic E-state index is 1.16. The highest BCUT2D eigenvalue weighted by Crippen LogP contribution is 2.24. The summed E-state index contributed by atoms with van der Waals surface area (Å²) in [6.07, 6.45) is 0. The summed E-state index contributed by atoms with van der Waals surface area (Å²) in [5, 5.41) is 12.7. The van der Waals surface area contributed by atoms with Crippen LogP contribution in [0.1, 0.15) is 0 Å². The Morgan fingerprint density at radius 2 is 0.406 bits per heavy atom. The fourth-order valence-corrected chi connectivity index (χ4v) is 25.3. The Hall–Kier alpha value is -7.19. The van der Waals surface area contributed by atoms with Crippen LogP contribution in [0.3, 0.4) is 0 Å². The quantitative estimate of drug-likeness (QED) is 0.0870. The molecule has 0 saturated heterocycles. The van der Waals surface area contributed by atoms with Crippen molar-refractivity contribution >= 4 is 76.6 Å². The van der Waals surface area contributed by atoms with Crippen molar-refractivity contribution in [2.24, 2.45) is 0 Å². The van der Waals surface area contributed by atoms with Gasteiger partial charge < -0.3 is 4.12 Å². The van der Waals surface area contributed by atoms with Crippen LogP contribution in [0.25, 0.3) is 11.1 Å². The van der Waals surface area contributed by atoms with Crippen molar-refractivity contribution in [1.29, 1.82) is 0 Å². The maximum atomic E-state index is 8.67. The minimum atomic E-state index is -3.41. The Morgan fingerprint density at radius 3 is 0.703 bits per heavy atom. The van der Waals surface area contributed by atoms with E-state index in [-0.39, 0.29) is 0 Å². The molecule has 10 rings (SSSR count). The average molecular weight is 869 g/mol. The van der Waals surface area contributed by atoms with Gasteiger partial charge in [0.25, 0.3) is 16.6 Å². The number of hydrogen-bond donors (Lipinski definition) is 0. The molecule has 0 atom stereocenters. The molecule has 0 aliphatic heterocycles. The first-order valence-corrected chi connectivity index (χ1v) is 27.9. The number of benzene rings is 10. The van der Waals surface area contributed by atoms with E-state index in [1.54, 1.807) is 0 Å². The first-order chi connectivity index (χ1) is 31.7. The highest BCUT2D eigenvalue weighted by molar-refractivity contribution is 7.20. The fourth-order valence-electron chi connectivity index (χ4n) is 9.86. The summed E-state index contributed by atoms with van der Waals surface area (Å²) >= 11 is 0. The monoisotopic (exact) mass is 868 g/mol. The van der Waals surface area contributed by atoms with Crippen LogP contribution in [0, 0.1) is 0 Å². The third kappa shape index (κ3) is 7.36. The lowest BCUT2D eigenvalue weighted by Crippen LogP contribution is -2.81. The first kappa shape index (κ1) is 40.9. The second-order valence-corrected chi connectivity index (χ2v) is 27.1. The average Bonchev–Trinajstić information content (AvgIpc) is 3.40. The van der Waals surface area contributed by atoms with Crippen LogP contribution in [0.15, 0.2) is 291 Å². The Labute approximate surface area is 380 Å². The van der Waals surface area contributed by atoms with Crippen molar-refractivity contribution in [3.05, 3.63) is 291 Å². The smallest absolute Gasteiger partial charge is 0.278 e. The minimum Gasteiger partial charge on any atom is -0.435 e. The molecule has 0 amide bonds. The van der Waals surface area contributed by atoms with E-state index in [2.05, 4.69) is 291 Å². The van der Waals surface area contributed by atoms with E-state index in [0.29, 0.717) is 0 Å². The molecular formula is C60H48OSi3. The van der Waals surface area contributed by atoms with Crippen LogP contribution in [-0.4, -0.2) is 24.7 Å². The molecule has 0 saturated carbocycles. The maximum absolute atomic E-state index is 8.67. The second-order valence-electron chi connectivity index (χ2n) is 16.3. The molecule has 1 nitrogen and oxygen atoms in total. The molecule has 0 aliphatic rings. The standard InChI is InChI=1S/C60H48OSi3/c1-9-29-51(30-10-1)62(52-31-11-2-12-32-52,53-33-13-3-14-34-53)59-45-25-27-49(47-59)50-28-26-46-60(48-50)64(57-41-21-7-22-42-57,58-43-23-8-24-44-58)61-63(54-35-15-4-16-36-54,55-37-17-5-18-38-55)56-39-19-6-20-40-56/h1-48H. The molecule has 0 heterocycles. The van der Waals surface area contributed by atoms with Crippen LogP contribution in [0.5, 0.6) is 0 Å². The van der Waals surface area contributed by atoms with Crippen molar-refractivity contribution in [3.63, 3.8) is 0 Å². The van der Waals surface area contributed by atoms with Gasteiger partial charge in [-0.25, -0.2) is 0 Å². The van der Waals surface area contributed by atoms with Gasteiger partial charge in [-0.1, -0.05) is 291 Å². The third-order valence-corrected chi connectivity index (χ3v) is 26.8. The van der Waals surface area contributed by atoms with E-state index in [9.17, 15) is 0 Å². The molecule has 0 spiro atoms. The molecule has 0 unspecified atom stereocenters. The molecule has 64 heavy (non-hydrogen) atoms. The molecule has 0 N–H and O–H groups in total. The van der Waals surface area contributed by atoms with Crippen LogP contribution >= 0.6 is 0 Å². The second kappa shape index (κ2) is 18.3. The molecule has 0 fully saturated rings. The van der Waals surface area contributed by atoms with Crippen molar-refractivity contribution in [2.75, 3.05) is 0 Å². The lowest BCUT2D eigenvalue weighted by atomic mass is 10.1. The Bertz CT molecular complexity index is 2810. The Balaban J connectivity index is 1.24. The zero-order valence-electron chi connectivity index (χ0n) is 35.6. The van der Waals surface area contributed by atoms with Crippen molar-refractivity contribution in [1.82, 2.24) is 0 Å². The molecule has 4 heteroatoms. The SMILES string of the molecule is c1ccc([Si](O[Si](c2ccccc2)(c2ccccc2)c2cccc(-c3cccc([Si](c4ccccc4)(c4ccccc4)c4ccccc4)c3)c2)(c2ccccc2)c2ccccc2)cc1. The molecule has 0 bridgehead atoms. The van der Waals surface area contributed by atoms with Gasteiger partial charge in [0, 0.05) is 0 Å². The number of hydrogen-bond acceptors (Lipinski definition) is 1. The predicted octanol–water partition coefficient (Wildman–Crippen LogP) is 7.38. The number of rotatable bonds is 13. The van der Waals surface area contributed by atoms with Gasteiger partial charge in [0.1, 0.15) is 0 Å². The third-order valence-electron chi connectivity index (χ3n) is 12.7. The van der Waals surface area contributed by atoms with Gasteiger partial charge in [-0.3, -0.25) is 0 Å². The van der Waals surface area contributed by atoms with Crippen molar-refractivity contribution in [2.45, 2.75) is 0 Å².